The topological polar surface area (TPSA) is 12.0 Å². The molecule has 0 spiro atoms. The molecule has 1 saturated carbocycles. The largest absolute Gasteiger partial charge is 0.314 e. The van der Waals surface area contributed by atoms with Crippen molar-refractivity contribution >= 4 is 11.8 Å². The van der Waals surface area contributed by atoms with Gasteiger partial charge in [0.2, 0.25) is 0 Å². The van der Waals surface area contributed by atoms with Gasteiger partial charge in [0.05, 0.1) is 0 Å². The molecule has 0 aromatic heterocycles. The normalized spacial score (nSPS) is 27.6. The van der Waals surface area contributed by atoms with E-state index in [1.165, 1.54) is 29.7 Å². The molecule has 1 aliphatic carbocycles. The Bertz CT molecular complexity index is 377. The molecule has 1 nitrogen and oxygen atoms in total. The summed E-state index contributed by atoms with van der Waals surface area (Å²) in [4.78, 5) is 1.43. The first-order valence-corrected chi connectivity index (χ1v) is 8.05. The number of aryl methyl sites for hydroxylation is 1. The van der Waals surface area contributed by atoms with Crippen LogP contribution in [-0.4, -0.2) is 17.8 Å². The fourth-order valence-corrected chi connectivity index (χ4v) is 4.20. The summed E-state index contributed by atoms with van der Waals surface area (Å²) in [6, 6.07) is 9.63. The van der Waals surface area contributed by atoms with Crippen molar-refractivity contribution in [1.82, 2.24) is 5.32 Å². The Balaban J connectivity index is 1.91. The van der Waals surface area contributed by atoms with E-state index in [0.717, 1.165) is 23.8 Å². The lowest BCUT2D eigenvalue weighted by molar-refractivity contribution is 0.432. The third kappa shape index (κ3) is 3.52. The van der Waals surface area contributed by atoms with Crippen LogP contribution in [0.3, 0.4) is 0 Å². The summed E-state index contributed by atoms with van der Waals surface area (Å²) in [5, 5.41) is 4.47. The number of thioether (sulfide) groups is 1. The molecule has 0 bridgehead atoms. The third-order valence-electron chi connectivity index (χ3n) is 3.92. The maximum absolute atomic E-state index is 3.69. The second-order valence-electron chi connectivity index (χ2n) is 5.47. The van der Waals surface area contributed by atoms with Crippen molar-refractivity contribution in [2.75, 3.05) is 6.54 Å². The van der Waals surface area contributed by atoms with Gasteiger partial charge in [-0.3, -0.25) is 0 Å². The van der Waals surface area contributed by atoms with Crippen LogP contribution in [0.1, 0.15) is 38.7 Å². The molecule has 18 heavy (non-hydrogen) atoms. The quantitative estimate of drug-likeness (QED) is 0.852. The highest BCUT2D eigenvalue weighted by Crippen LogP contribution is 2.39. The van der Waals surface area contributed by atoms with E-state index in [0.29, 0.717) is 0 Å². The summed E-state index contributed by atoms with van der Waals surface area (Å²) in [5.41, 5.74) is 1.37. The molecule has 3 atom stereocenters. The number of hydrogen-bond donors (Lipinski definition) is 1. The van der Waals surface area contributed by atoms with Gasteiger partial charge in [-0.25, -0.2) is 0 Å². The Morgan fingerprint density at radius 1 is 1.33 bits per heavy atom. The second-order valence-corrected chi connectivity index (χ2v) is 6.78. The highest BCUT2D eigenvalue weighted by molar-refractivity contribution is 8.00. The van der Waals surface area contributed by atoms with E-state index < -0.39 is 0 Å². The van der Waals surface area contributed by atoms with Crippen LogP contribution in [0.15, 0.2) is 29.2 Å². The zero-order chi connectivity index (χ0) is 13.0. The van der Waals surface area contributed by atoms with Crippen LogP contribution in [0.25, 0.3) is 0 Å². The van der Waals surface area contributed by atoms with E-state index in [4.69, 9.17) is 0 Å². The Labute approximate surface area is 116 Å². The lowest BCUT2D eigenvalue weighted by Crippen LogP contribution is -2.33. The lowest BCUT2D eigenvalue weighted by Gasteiger charge is -2.21. The first-order chi connectivity index (χ1) is 8.70. The summed E-state index contributed by atoms with van der Waals surface area (Å²) in [6.45, 7) is 7.99. The van der Waals surface area contributed by atoms with Crippen molar-refractivity contribution in [1.29, 1.82) is 0 Å². The molecule has 100 valence electrons. The molecular formula is C16H25NS. The molecule has 2 heteroatoms. The van der Waals surface area contributed by atoms with Crippen LogP contribution in [0.4, 0.5) is 0 Å². The van der Waals surface area contributed by atoms with Crippen LogP contribution in [-0.2, 0) is 0 Å². The van der Waals surface area contributed by atoms with Crippen LogP contribution in [0.2, 0.25) is 0 Å². The highest BCUT2D eigenvalue weighted by Gasteiger charge is 2.32. The first kappa shape index (κ1) is 14.0. The van der Waals surface area contributed by atoms with Crippen LogP contribution in [0.5, 0.6) is 0 Å². The Kier molecular flexibility index (Phi) is 5.13. The van der Waals surface area contributed by atoms with E-state index in [9.17, 15) is 0 Å². The van der Waals surface area contributed by atoms with Gasteiger partial charge in [-0.1, -0.05) is 31.5 Å². The first-order valence-electron chi connectivity index (χ1n) is 7.17. The fraction of sp³-hybridized carbons (Fsp3) is 0.625. The van der Waals surface area contributed by atoms with Crippen molar-refractivity contribution in [3.63, 3.8) is 0 Å². The molecule has 1 N–H and O–H groups in total. The van der Waals surface area contributed by atoms with Crippen molar-refractivity contribution in [3.05, 3.63) is 29.8 Å². The van der Waals surface area contributed by atoms with Gasteiger partial charge in [0.1, 0.15) is 0 Å². The maximum atomic E-state index is 3.69. The number of benzene rings is 1. The molecule has 0 radical (unpaired) electrons. The predicted octanol–water partition coefficient (Wildman–Crippen LogP) is 4.25. The fourth-order valence-electron chi connectivity index (χ4n) is 2.78. The Morgan fingerprint density at radius 3 is 2.89 bits per heavy atom. The highest BCUT2D eigenvalue weighted by atomic mass is 32.2. The molecule has 3 unspecified atom stereocenters. The number of nitrogens with one attached hydrogen (secondary N) is 1. The smallest absolute Gasteiger partial charge is 0.0135 e. The molecule has 1 aromatic rings. The zero-order valence-electron chi connectivity index (χ0n) is 11.8. The molecule has 0 heterocycles. The third-order valence-corrected chi connectivity index (χ3v) is 5.41. The van der Waals surface area contributed by atoms with Gasteiger partial charge in [0.15, 0.2) is 0 Å². The molecule has 0 amide bonds. The van der Waals surface area contributed by atoms with Gasteiger partial charge in [-0.2, -0.15) is 0 Å². The van der Waals surface area contributed by atoms with Gasteiger partial charge in [-0.05, 0) is 50.8 Å². The molecule has 1 aromatic carbocycles. The Hall–Kier alpha value is -0.470. The minimum atomic E-state index is 0.729. The number of hydrogen-bond acceptors (Lipinski definition) is 2. The average molecular weight is 263 g/mol. The molecular weight excluding hydrogens is 238 g/mol. The predicted molar refractivity (Wildman–Crippen MR) is 81.3 cm³/mol. The minimum absolute atomic E-state index is 0.729. The number of rotatable bonds is 5. The molecule has 0 aliphatic heterocycles. The summed E-state index contributed by atoms with van der Waals surface area (Å²) >= 11 is 2.07. The summed E-state index contributed by atoms with van der Waals surface area (Å²) in [5.74, 6) is 0.780. The van der Waals surface area contributed by atoms with Crippen molar-refractivity contribution in [3.8, 4) is 0 Å². The van der Waals surface area contributed by atoms with Gasteiger partial charge in [0, 0.05) is 16.2 Å². The standard InChI is InChI=1S/C16H25NS/c1-4-10-17-15-8-9-16(13(15)3)18-14-7-5-6-12(2)11-14/h5-7,11,13,15-17H,4,8-10H2,1-3H3. The molecule has 2 rings (SSSR count). The molecule has 1 fully saturated rings. The van der Waals surface area contributed by atoms with E-state index in [1.54, 1.807) is 0 Å². The molecule has 1 aliphatic rings. The molecule has 0 saturated heterocycles. The van der Waals surface area contributed by atoms with Gasteiger partial charge < -0.3 is 5.32 Å². The lowest BCUT2D eigenvalue weighted by atomic mass is 10.1. The minimum Gasteiger partial charge on any atom is -0.314 e. The van der Waals surface area contributed by atoms with E-state index >= 15 is 0 Å². The van der Waals surface area contributed by atoms with E-state index in [1.807, 2.05) is 0 Å². The second kappa shape index (κ2) is 6.63. The van der Waals surface area contributed by atoms with Gasteiger partial charge in [-0.15, -0.1) is 11.8 Å². The monoisotopic (exact) mass is 263 g/mol. The van der Waals surface area contributed by atoms with Crippen molar-refractivity contribution in [2.45, 2.75) is 56.2 Å². The SMILES string of the molecule is CCCNC1CCC(Sc2cccc(C)c2)C1C. The van der Waals surface area contributed by atoms with E-state index in [2.05, 4.69) is 62.1 Å². The summed E-state index contributed by atoms with van der Waals surface area (Å²) < 4.78 is 0. The average Bonchev–Trinajstić information content (AvgIpc) is 2.69. The van der Waals surface area contributed by atoms with Crippen LogP contribution < -0.4 is 5.32 Å². The van der Waals surface area contributed by atoms with Crippen LogP contribution in [0, 0.1) is 12.8 Å². The Morgan fingerprint density at radius 2 is 2.17 bits per heavy atom. The summed E-state index contributed by atoms with van der Waals surface area (Å²) in [6.07, 6.45) is 3.92. The van der Waals surface area contributed by atoms with Crippen molar-refractivity contribution < 1.29 is 0 Å². The maximum Gasteiger partial charge on any atom is 0.0135 e. The van der Waals surface area contributed by atoms with Crippen molar-refractivity contribution in [2.24, 2.45) is 5.92 Å². The van der Waals surface area contributed by atoms with Gasteiger partial charge in [0.25, 0.3) is 0 Å². The van der Waals surface area contributed by atoms with E-state index in [-0.39, 0.29) is 0 Å². The van der Waals surface area contributed by atoms with Crippen LogP contribution >= 0.6 is 11.8 Å². The van der Waals surface area contributed by atoms with Gasteiger partial charge >= 0.3 is 0 Å². The zero-order valence-corrected chi connectivity index (χ0v) is 12.6. The summed E-state index contributed by atoms with van der Waals surface area (Å²) in [7, 11) is 0.